The first kappa shape index (κ1) is 18.9. The molecule has 0 spiro atoms. The molecule has 0 aliphatic heterocycles. The summed E-state index contributed by atoms with van der Waals surface area (Å²) in [7, 11) is 0. The van der Waals surface area contributed by atoms with E-state index < -0.39 is 11.8 Å². The van der Waals surface area contributed by atoms with Crippen molar-refractivity contribution in [3.63, 3.8) is 0 Å². The van der Waals surface area contributed by atoms with Gasteiger partial charge in [0.2, 0.25) is 0 Å². The molecule has 5 heteroatoms. The number of hydrogen-bond acceptors (Lipinski definition) is 3. The van der Waals surface area contributed by atoms with Gasteiger partial charge in [0.15, 0.2) is 5.83 Å². The minimum Gasteiger partial charge on any atom is -0.459 e. The van der Waals surface area contributed by atoms with E-state index in [2.05, 4.69) is 0 Å². The number of nitriles is 1. The predicted molar refractivity (Wildman–Crippen MR) is 90.7 cm³/mol. The standard InChI is InChI=1S/C20H21F2NO2/c21-17-10-8-16(9-11-17)20(24)25-19-12-6-15(7-13-19)4-2-1-3-5-18(22)14-23/h1,3,5,8-11,15,19H,2,4,6-7,12-13H2/b3-1+,18-5-/t15-,19-. The van der Waals surface area contributed by atoms with Gasteiger partial charge in [0.1, 0.15) is 18.0 Å². The molecule has 0 saturated heterocycles. The zero-order valence-corrected chi connectivity index (χ0v) is 14.0. The van der Waals surface area contributed by atoms with Crippen molar-refractivity contribution in [2.24, 2.45) is 5.92 Å². The first-order valence-electron chi connectivity index (χ1n) is 8.47. The van der Waals surface area contributed by atoms with Crippen molar-refractivity contribution in [2.75, 3.05) is 0 Å². The molecule has 1 aromatic carbocycles. The monoisotopic (exact) mass is 345 g/mol. The Balaban J connectivity index is 1.68. The van der Waals surface area contributed by atoms with Crippen LogP contribution in [0.3, 0.4) is 0 Å². The summed E-state index contributed by atoms with van der Waals surface area (Å²) in [5.74, 6) is -1.01. The average Bonchev–Trinajstić information content (AvgIpc) is 2.63. The van der Waals surface area contributed by atoms with Crippen LogP contribution in [0.25, 0.3) is 0 Å². The van der Waals surface area contributed by atoms with E-state index in [0.717, 1.165) is 44.6 Å². The summed E-state index contributed by atoms with van der Waals surface area (Å²) < 4.78 is 31.0. The molecule has 1 aliphatic rings. The van der Waals surface area contributed by atoms with Crippen molar-refractivity contribution in [1.29, 1.82) is 5.26 Å². The zero-order chi connectivity index (χ0) is 18.1. The molecule has 0 heterocycles. The first-order chi connectivity index (χ1) is 12.1. The van der Waals surface area contributed by atoms with Gasteiger partial charge in [-0.05, 0) is 74.8 Å². The molecule has 0 unspecified atom stereocenters. The normalized spacial score (nSPS) is 21.1. The minimum absolute atomic E-state index is 0.0861. The van der Waals surface area contributed by atoms with Crippen LogP contribution in [-0.2, 0) is 4.74 Å². The van der Waals surface area contributed by atoms with Gasteiger partial charge in [0.25, 0.3) is 0 Å². The van der Waals surface area contributed by atoms with Crippen molar-refractivity contribution >= 4 is 5.97 Å². The Hall–Kier alpha value is -2.48. The molecule has 0 atom stereocenters. The van der Waals surface area contributed by atoms with Crippen molar-refractivity contribution < 1.29 is 18.3 Å². The molecular formula is C20H21F2NO2. The third-order valence-corrected chi connectivity index (χ3v) is 4.37. The Bertz CT molecular complexity index is 666. The molecule has 1 fully saturated rings. The molecule has 0 radical (unpaired) electrons. The van der Waals surface area contributed by atoms with Gasteiger partial charge in [-0.15, -0.1) is 0 Å². The quantitative estimate of drug-likeness (QED) is 0.402. The van der Waals surface area contributed by atoms with E-state index in [-0.39, 0.29) is 11.9 Å². The fourth-order valence-electron chi connectivity index (χ4n) is 2.96. The highest BCUT2D eigenvalue weighted by Crippen LogP contribution is 2.30. The molecule has 0 N–H and O–H groups in total. The minimum atomic E-state index is -0.792. The number of nitrogens with zero attached hydrogens (tertiary/aromatic N) is 1. The second-order valence-corrected chi connectivity index (χ2v) is 6.19. The Morgan fingerprint density at radius 1 is 1.24 bits per heavy atom. The maximum Gasteiger partial charge on any atom is 0.338 e. The molecule has 0 aromatic heterocycles. The number of esters is 1. The number of benzene rings is 1. The molecule has 0 amide bonds. The number of allylic oxidation sites excluding steroid dienone is 4. The second-order valence-electron chi connectivity index (χ2n) is 6.19. The van der Waals surface area contributed by atoms with Crippen molar-refractivity contribution in [3.8, 4) is 6.07 Å². The molecule has 25 heavy (non-hydrogen) atoms. The summed E-state index contributed by atoms with van der Waals surface area (Å²) in [5, 5.41) is 8.29. The molecule has 3 nitrogen and oxygen atoms in total. The van der Waals surface area contributed by atoms with Crippen molar-refractivity contribution in [2.45, 2.75) is 44.6 Å². The van der Waals surface area contributed by atoms with Crippen LogP contribution in [0.15, 0.2) is 48.3 Å². The lowest BCUT2D eigenvalue weighted by Gasteiger charge is -2.28. The molecule has 2 rings (SSSR count). The van der Waals surface area contributed by atoms with Gasteiger partial charge in [-0.3, -0.25) is 0 Å². The number of carbonyl (C=O) groups is 1. The van der Waals surface area contributed by atoms with Gasteiger partial charge < -0.3 is 4.74 Å². The van der Waals surface area contributed by atoms with Gasteiger partial charge in [-0.2, -0.15) is 9.65 Å². The molecule has 1 aromatic rings. The summed E-state index contributed by atoms with van der Waals surface area (Å²) >= 11 is 0. The maximum atomic E-state index is 12.9. The Morgan fingerprint density at radius 3 is 2.56 bits per heavy atom. The van der Waals surface area contributed by atoms with Crippen LogP contribution in [0, 0.1) is 23.1 Å². The summed E-state index contributed by atoms with van der Waals surface area (Å²) in [6, 6.07) is 6.78. The Kier molecular flexibility index (Phi) is 7.34. The Labute approximate surface area is 146 Å². The second kappa shape index (κ2) is 9.73. The lowest BCUT2D eigenvalue weighted by atomic mass is 9.84. The van der Waals surface area contributed by atoms with E-state index in [4.69, 9.17) is 10.00 Å². The van der Waals surface area contributed by atoms with Gasteiger partial charge in [0, 0.05) is 0 Å². The van der Waals surface area contributed by atoms with E-state index in [1.807, 2.05) is 6.08 Å². The predicted octanol–water partition coefficient (Wildman–Crippen LogP) is 5.25. The first-order valence-corrected chi connectivity index (χ1v) is 8.47. The van der Waals surface area contributed by atoms with E-state index in [1.54, 1.807) is 6.08 Å². The lowest BCUT2D eigenvalue weighted by molar-refractivity contribution is 0.0162. The topological polar surface area (TPSA) is 50.1 Å². The van der Waals surface area contributed by atoms with Crippen molar-refractivity contribution in [3.05, 3.63) is 59.7 Å². The largest absolute Gasteiger partial charge is 0.459 e. The summed E-state index contributed by atoms with van der Waals surface area (Å²) in [6.07, 6.45) is 9.94. The van der Waals surface area contributed by atoms with E-state index in [9.17, 15) is 13.6 Å². The number of hydrogen-bond donors (Lipinski definition) is 0. The third-order valence-electron chi connectivity index (χ3n) is 4.37. The molecular weight excluding hydrogens is 324 g/mol. The number of carbonyl (C=O) groups excluding carboxylic acids is 1. The molecule has 1 aliphatic carbocycles. The Morgan fingerprint density at radius 2 is 1.92 bits per heavy atom. The molecule has 132 valence electrons. The van der Waals surface area contributed by atoms with Crippen LogP contribution >= 0.6 is 0 Å². The third kappa shape index (κ3) is 6.50. The number of rotatable bonds is 6. The van der Waals surface area contributed by atoms with Gasteiger partial charge in [-0.1, -0.05) is 12.2 Å². The van der Waals surface area contributed by atoms with E-state index in [1.165, 1.54) is 30.3 Å². The van der Waals surface area contributed by atoms with E-state index in [0.29, 0.717) is 11.5 Å². The van der Waals surface area contributed by atoms with Crippen molar-refractivity contribution in [1.82, 2.24) is 0 Å². The number of ether oxygens (including phenoxy) is 1. The van der Waals surface area contributed by atoms with Gasteiger partial charge in [-0.25, -0.2) is 9.18 Å². The summed E-state index contributed by atoms with van der Waals surface area (Å²) in [5.41, 5.74) is 0.367. The number of halogens is 2. The smallest absolute Gasteiger partial charge is 0.338 e. The van der Waals surface area contributed by atoms with Crippen LogP contribution < -0.4 is 0 Å². The molecule has 1 saturated carbocycles. The average molecular weight is 345 g/mol. The summed E-state index contributed by atoms with van der Waals surface area (Å²) in [6.45, 7) is 0. The maximum absolute atomic E-state index is 12.9. The van der Waals surface area contributed by atoms with Crippen LogP contribution in [-0.4, -0.2) is 12.1 Å². The zero-order valence-electron chi connectivity index (χ0n) is 14.0. The summed E-state index contributed by atoms with van der Waals surface area (Å²) in [4.78, 5) is 12.0. The fourth-order valence-corrected chi connectivity index (χ4v) is 2.96. The van der Waals surface area contributed by atoms with Gasteiger partial charge in [0.05, 0.1) is 5.56 Å². The highest BCUT2D eigenvalue weighted by Gasteiger charge is 2.23. The van der Waals surface area contributed by atoms with Gasteiger partial charge >= 0.3 is 5.97 Å². The van der Waals surface area contributed by atoms with Crippen LogP contribution in [0.2, 0.25) is 0 Å². The van der Waals surface area contributed by atoms with E-state index >= 15 is 0 Å². The van der Waals surface area contributed by atoms with Crippen LogP contribution in [0.5, 0.6) is 0 Å². The highest BCUT2D eigenvalue weighted by molar-refractivity contribution is 5.89. The molecule has 0 bridgehead atoms. The lowest BCUT2D eigenvalue weighted by Crippen LogP contribution is -2.24. The fraction of sp³-hybridized carbons (Fsp3) is 0.400. The van der Waals surface area contributed by atoms with Crippen LogP contribution in [0.4, 0.5) is 8.78 Å². The SMILES string of the molecule is N#C/C(F)=C/C=C/CC[C@H]1CC[C@H](OC(=O)c2ccc(F)cc2)CC1. The highest BCUT2D eigenvalue weighted by atomic mass is 19.1. The van der Waals surface area contributed by atoms with Crippen LogP contribution in [0.1, 0.15) is 48.9 Å².